The van der Waals surface area contributed by atoms with E-state index in [0.29, 0.717) is 5.82 Å². The number of hydrogen-bond donors (Lipinski definition) is 1. The SMILES string of the molecule is Cc1ccc(S(=O)(=O)OC[C@H]2C[C@H](c3nc(C4=CC=C5C=CC(C6(C)C=CCC6)=NC5C4)c4c(N)nccn43)C2)cc1. The van der Waals surface area contributed by atoms with Crippen molar-refractivity contribution in [2.75, 3.05) is 12.3 Å². The van der Waals surface area contributed by atoms with Crippen LogP contribution in [0.3, 0.4) is 0 Å². The van der Waals surface area contributed by atoms with E-state index in [-0.39, 0.29) is 34.8 Å². The highest BCUT2D eigenvalue weighted by Crippen LogP contribution is 2.44. The molecule has 4 aliphatic rings. The molecule has 1 fully saturated rings. The number of nitrogens with zero attached hydrogens (tertiary/aromatic N) is 4. The van der Waals surface area contributed by atoms with Crippen molar-refractivity contribution in [3.63, 3.8) is 0 Å². The summed E-state index contributed by atoms with van der Waals surface area (Å²) in [7, 11) is -3.78. The number of aliphatic imine (C=N–C) groups is 1. The molecule has 7 rings (SSSR count). The Morgan fingerprint density at radius 2 is 1.95 bits per heavy atom. The van der Waals surface area contributed by atoms with Crippen molar-refractivity contribution in [3.05, 3.63) is 95.8 Å². The molecule has 1 aromatic carbocycles. The van der Waals surface area contributed by atoms with E-state index in [0.717, 1.165) is 66.0 Å². The molecule has 2 aromatic heterocycles. The smallest absolute Gasteiger partial charge is 0.296 e. The number of nitrogens with two attached hydrogens (primary N) is 1. The Morgan fingerprint density at radius 3 is 2.71 bits per heavy atom. The molecule has 9 heteroatoms. The minimum Gasteiger partial charge on any atom is -0.382 e. The van der Waals surface area contributed by atoms with Crippen LogP contribution in [0.1, 0.15) is 62.0 Å². The van der Waals surface area contributed by atoms with Crippen LogP contribution in [-0.2, 0) is 14.3 Å². The van der Waals surface area contributed by atoms with E-state index in [1.54, 1.807) is 30.5 Å². The molecule has 42 heavy (non-hydrogen) atoms. The van der Waals surface area contributed by atoms with Gasteiger partial charge in [-0.15, -0.1) is 0 Å². The first-order valence-corrected chi connectivity index (χ1v) is 16.0. The van der Waals surface area contributed by atoms with E-state index < -0.39 is 10.1 Å². The maximum absolute atomic E-state index is 12.7. The topological polar surface area (TPSA) is 112 Å². The van der Waals surface area contributed by atoms with Gasteiger partial charge in [0.05, 0.1) is 23.2 Å². The highest BCUT2D eigenvalue weighted by molar-refractivity contribution is 7.86. The van der Waals surface area contributed by atoms with Gasteiger partial charge in [-0.2, -0.15) is 8.42 Å². The Morgan fingerprint density at radius 1 is 1.14 bits per heavy atom. The molecule has 3 aromatic rings. The van der Waals surface area contributed by atoms with Crippen LogP contribution in [0.15, 0.2) is 88.6 Å². The zero-order chi connectivity index (χ0) is 29.1. The molecule has 1 saturated carbocycles. The predicted octanol–water partition coefficient (Wildman–Crippen LogP) is 5.97. The van der Waals surface area contributed by atoms with E-state index in [1.807, 2.05) is 13.1 Å². The Hall–Kier alpha value is -3.82. The molecule has 3 heterocycles. The predicted molar refractivity (Wildman–Crippen MR) is 165 cm³/mol. The first kappa shape index (κ1) is 27.0. The van der Waals surface area contributed by atoms with Gasteiger partial charge in [0.2, 0.25) is 0 Å². The lowest BCUT2D eigenvalue weighted by atomic mass is 9.75. The van der Waals surface area contributed by atoms with Crippen molar-refractivity contribution >= 4 is 32.7 Å². The molecule has 2 atom stereocenters. The highest BCUT2D eigenvalue weighted by atomic mass is 32.2. The molecule has 3 aliphatic carbocycles. The molecular weight excluding hydrogens is 546 g/mol. The fraction of sp³-hybridized carbons (Fsp3) is 0.364. The van der Waals surface area contributed by atoms with E-state index in [9.17, 15) is 8.42 Å². The van der Waals surface area contributed by atoms with Crippen LogP contribution in [0.5, 0.6) is 0 Å². The monoisotopic (exact) mass is 581 g/mol. The number of fused-ring (bicyclic) bond motifs is 2. The number of hydrogen-bond acceptors (Lipinski definition) is 7. The van der Waals surface area contributed by atoms with Gasteiger partial charge in [0.25, 0.3) is 10.1 Å². The molecular formula is C33H35N5O3S. The van der Waals surface area contributed by atoms with Crippen molar-refractivity contribution in [1.29, 1.82) is 0 Å². The summed E-state index contributed by atoms with van der Waals surface area (Å²) in [5.41, 5.74) is 12.6. The molecule has 1 aliphatic heterocycles. The summed E-state index contributed by atoms with van der Waals surface area (Å²) in [6.07, 6.45) is 21.3. The van der Waals surface area contributed by atoms with Crippen LogP contribution in [-0.4, -0.2) is 41.1 Å². The number of benzene rings is 1. The third-order valence-electron chi connectivity index (χ3n) is 9.19. The van der Waals surface area contributed by atoms with Crippen molar-refractivity contribution in [2.24, 2.45) is 16.3 Å². The largest absolute Gasteiger partial charge is 0.382 e. The molecule has 0 amide bonds. The Kier molecular flexibility index (Phi) is 6.55. The van der Waals surface area contributed by atoms with Gasteiger partial charge < -0.3 is 5.73 Å². The first-order valence-electron chi connectivity index (χ1n) is 14.6. The average Bonchev–Trinajstić information content (AvgIpc) is 3.57. The number of anilines is 1. The van der Waals surface area contributed by atoms with Gasteiger partial charge >= 0.3 is 0 Å². The zero-order valence-corrected chi connectivity index (χ0v) is 24.7. The summed E-state index contributed by atoms with van der Waals surface area (Å²) >= 11 is 0. The molecule has 0 bridgehead atoms. The van der Waals surface area contributed by atoms with Crippen LogP contribution in [0, 0.1) is 18.3 Å². The van der Waals surface area contributed by atoms with Crippen molar-refractivity contribution in [3.8, 4) is 0 Å². The highest BCUT2D eigenvalue weighted by Gasteiger charge is 2.37. The maximum atomic E-state index is 12.7. The minimum atomic E-state index is -3.78. The maximum Gasteiger partial charge on any atom is 0.296 e. The summed E-state index contributed by atoms with van der Waals surface area (Å²) in [6, 6.07) is 6.78. The lowest BCUT2D eigenvalue weighted by molar-refractivity contribution is 0.158. The van der Waals surface area contributed by atoms with Crippen LogP contribution < -0.4 is 5.73 Å². The number of aromatic nitrogens is 3. The van der Waals surface area contributed by atoms with Crippen LogP contribution in [0.4, 0.5) is 5.82 Å². The van der Waals surface area contributed by atoms with E-state index in [4.69, 9.17) is 19.9 Å². The second-order valence-corrected chi connectivity index (χ2v) is 13.8. The quantitative estimate of drug-likeness (QED) is 0.272. The number of nitrogen functional groups attached to an aromatic ring is 1. The lowest BCUT2D eigenvalue weighted by Crippen LogP contribution is -2.28. The number of rotatable bonds is 7. The van der Waals surface area contributed by atoms with Crippen molar-refractivity contribution < 1.29 is 12.6 Å². The Labute approximate surface area is 246 Å². The standard InChI is InChI=1S/C33H35N5O3S/c1-21-5-10-26(11-6-21)42(39,40)41-20-22-17-25(18-22)32-37-29(30-31(34)35-15-16-38(30)32)24-8-7-23-9-12-28(36-27(23)19-24)33(2)13-3-4-14-33/h3,5-13,15-16,22,25,27H,4,14,17-20H2,1-2H3,(H2,34,35)/t22-,25-,27?,33?. The number of dihydropyridines is 1. The fourth-order valence-electron chi connectivity index (χ4n) is 6.55. The second-order valence-electron chi connectivity index (χ2n) is 12.2. The van der Waals surface area contributed by atoms with Gasteiger partial charge in [0, 0.05) is 35.9 Å². The zero-order valence-electron chi connectivity index (χ0n) is 23.9. The van der Waals surface area contributed by atoms with Gasteiger partial charge in [0.1, 0.15) is 17.2 Å². The summed E-state index contributed by atoms with van der Waals surface area (Å²) in [5.74, 6) is 1.69. The fourth-order valence-corrected chi connectivity index (χ4v) is 7.53. The van der Waals surface area contributed by atoms with E-state index in [2.05, 4.69) is 52.8 Å². The van der Waals surface area contributed by atoms with E-state index >= 15 is 0 Å². The number of allylic oxidation sites excluding steroid dienone is 5. The van der Waals surface area contributed by atoms with Crippen LogP contribution >= 0.6 is 0 Å². The third kappa shape index (κ3) is 4.74. The summed E-state index contributed by atoms with van der Waals surface area (Å²) in [6.45, 7) is 4.35. The van der Waals surface area contributed by atoms with E-state index in [1.165, 1.54) is 5.57 Å². The number of aryl methyl sites for hydroxylation is 1. The molecule has 216 valence electrons. The molecule has 0 spiro atoms. The van der Waals surface area contributed by atoms with Gasteiger partial charge in [-0.3, -0.25) is 13.6 Å². The average molecular weight is 582 g/mol. The Bertz CT molecular complexity index is 1820. The normalized spacial score (nSPS) is 26.9. The lowest BCUT2D eigenvalue weighted by Gasteiger charge is -2.34. The van der Waals surface area contributed by atoms with Crippen LogP contribution in [0.25, 0.3) is 11.1 Å². The molecule has 2 N–H and O–H groups in total. The summed E-state index contributed by atoms with van der Waals surface area (Å²) in [5, 5.41) is 0. The van der Waals surface area contributed by atoms with Gasteiger partial charge in [-0.1, -0.05) is 55.0 Å². The van der Waals surface area contributed by atoms with Gasteiger partial charge in [-0.05, 0) is 67.9 Å². The summed E-state index contributed by atoms with van der Waals surface area (Å²) < 4.78 is 32.8. The van der Waals surface area contributed by atoms with Crippen molar-refractivity contribution in [1.82, 2.24) is 14.4 Å². The Balaban J connectivity index is 1.10. The molecule has 8 nitrogen and oxygen atoms in total. The summed E-state index contributed by atoms with van der Waals surface area (Å²) in [4.78, 5) is 14.9. The third-order valence-corrected chi connectivity index (χ3v) is 10.5. The molecule has 0 radical (unpaired) electrons. The van der Waals surface area contributed by atoms with Gasteiger partial charge in [0.15, 0.2) is 0 Å². The number of imidazole rings is 1. The van der Waals surface area contributed by atoms with Gasteiger partial charge in [-0.25, -0.2) is 9.97 Å². The second kappa shape index (κ2) is 10.2. The molecule has 0 saturated heterocycles. The first-order chi connectivity index (χ1) is 20.2. The van der Waals surface area contributed by atoms with Crippen LogP contribution in [0.2, 0.25) is 0 Å². The van der Waals surface area contributed by atoms with Crippen molar-refractivity contribution in [2.45, 2.75) is 62.8 Å². The molecule has 2 unspecified atom stereocenters. The minimum absolute atomic E-state index is 0.00404.